The number of hydrogen-bond donors (Lipinski definition) is 2. The first kappa shape index (κ1) is 13.8. The number of aromatic carboxylic acids is 1. The van der Waals surface area contributed by atoms with Gasteiger partial charge >= 0.3 is 5.97 Å². The van der Waals surface area contributed by atoms with Gasteiger partial charge in [0.25, 0.3) is 0 Å². The Labute approximate surface area is 106 Å². The number of carbonyl (C=O) groups is 1. The molecule has 0 aromatic carbocycles. The summed E-state index contributed by atoms with van der Waals surface area (Å²) in [5.74, 6) is -0.860. The maximum Gasteiger partial charge on any atom is 0.345 e. The van der Waals surface area contributed by atoms with Crippen molar-refractivity contribution >= 4 is 23.0 Å². The number of anilines is 1. The van der Waals surface area contributed by atoms with E-state index in [9.17, 15) is 4.79 Å². The minimum Gasteiger partial charge on any atom is -0.477 e. The molecule has 0 spiro atoms. The van der Waals surface area contributed by atoms with Crippen molar-refractivity contribution in [2.24, 2.45) is 0 Å². The van der Waals surface area contributed by atoms with Gasteiger partial charge in [0, 0.05) is 17.1 Å². The molecule has 0 bridgehead atoms. The van der Waals surface area contributed by atoms with Gasteiger partial charge in [-0.3, -0.25) is 0 Å². The van der Waals surface area contributed by atoms with Crippen molar-refractivity contribution in [1.82, 2.24) is 0 Å². The Morgan fingerprint density at radius 3 is 3.00 bits per heavy atom. The molecule has 0 fully saturated rings. The SMILES string of the molecule is C=CCCCCC(C)Nc1csc(C(=O)O)c1. The van der Waals surface area contributed by atoms with Gasteiger partial charge in [-0.25, -0.2) is 4.79 Å². The van der Waals surface area contributed by atoms with Gasteiger partial charge in [-0.05, 0) is 32.3 Å². The maximum atomic E-state index is 10.7. The zero-order valence-electron chi connectivity index (χ0n) is 10.1. The molecule has 0 aliphatic heterocycles. The van der Waals surface area contributed by atoms with Gasteiger partial charge in [-0.1, -0.05) is 12.5 Å². The van der Waals surface area contributed by atoms with E-state index >= 15 is 0 Å². The Balaban J connectivity index is 2.31. The molecular weight excluding hydrogens is 234 g/mol. The van der Waals surface area contributed by atoms with Crippen LogP contribution in [0.15, 0.2) is 24.1 Å². The molecule has 1 aromatic heterocycles. The minimum atomic E-state index is -0.860. The number of allylic oxidation sites excluding steroid dienone is 1. The summed E-state index contributed by atoms with van der Waals surface area (Å²) in [5.41, 5.74) is 0.906. The molecule has 1 aromatic rings. The molecule has 94 valence electrons. The van der Waals surface area contributed by atoms with Crippen LogP contribution in [0.1, 0.15) is 42.3 Å². The molecule has 0 radical (unpaired) electrons. The fourth-order valence-electron chi connectivity index (χ4n) is 1.62. The Hall–Kier alpha value is -1.29. The Kier molecular flexibility index (Phi) is 5.77. The molecule has 1 atom stereocenters. The Morgan fingerprint density at radius 2 is 2.41 bits per heavy atom. The third-order valence-electron chi connectivity index (χ3n) is 2.52. The lowest BCUT2D eigenvalue weighted by molar-refractivity contribution is 0.0702. The zero-order chi connectivity index (χ0) is 12.7. The van der Waals surface area contributed by atoms with Gasteiger partial charge in [0.2, 0.25) is 0 Å². The first-order chi connectivity index (χ1) is 8.13. The summed E-state index contributed by atoms with van der Waals surface area (Å²) in [6.45, 7) is 5.81. The molecule has 2 N–H and O–H groups in total. The molecule has 0 aliphatic carbocycles. The van der Waals surface area contributed by atoms with E-state index in [4.69, 9.17) is 5.11 Å². The lowest BCUT2D eigenvalue weighted by atomic mass is 10.1. The van der Waals surface area contributed by atoms with E-state index in [1.807, 2.05) is 11.5 Å². The van der Waals surface area contributed by atoms with Crippen LogP contribution < -0.4 is 5.32 Å². The summed E-state index contributed by atoms with van der Waals surface area (Å²) >= 11 is 1.26. The van der Waals surface area contributed by atoms with E-state index in [0.717, 1.165) is 24.9 Å². The van der Waals surface area contributed by atoms with Crippen LogP contribution in [0.3, 0.4) is 0 Å². The highest BCUT2D eigenvalue weighted by Gasteiger charge is 2.08. The highest BCUT2D eigenvalue weighted by Crippen LogP contribution is 2.20. The second-order valence-electron chi connectivity index (χ2n) is 4.12. The van der Waals surface area contributed by atoms with Gasteiger partial charge in [0.05, 0.1) is 0 Å². The van der Waals surface area contributed by atoms with Crippen molar-refractivity contribution in [2.45, 2.75) is 38.6 Å². The number of nitrogens with one attached hydrogen (secondary N) is 1. The van der Waals surface area contributed by atoms with Crippen LogP contribution in [0.25, 0.3) is 0 Å². The topological polar surface area (TPSA) is 49.3 Å². The second-order valence-corrected chi connectivity index (χ2v) is 5.03. The maximum absolute atomic E-state index is 10.7. The van der Waals surface area contributed by atoms with E-state index in [2.05, 4.69) is 18.8 Å². The third-order valence-corrected chi connectivity index (χ3v) is 3.44. The van der Waals surface area contributed by atoms with Crippen LogP contribution >= 0.6 is 11.3 Å². The number of carboxylic acids is 1. The van der Waals surface area contributed by atoms with Gasteiger partial charge in [-0.15, -0.1) is 17.9 Å². The largest absolute Gasteiger partial charge is 0.477 e. The normalized spacial score (nSPS) is 12.1. The molecule has 1 rings (SSSR count). The van der Waals surface area contributed by atoms with E-state index in [-0.39, 0.29) is 0 Å². The van der Waals surface area contributed by atoms with Crippen LogP contribution in [0.5, 0.6) is 0 Å². The number of thiophene rings is 1. The summed E-state index contributed by atoms with van der Waals surface area (Å²) in [6, 6.07) is 2.06. The fraction of sp³-hybridized carbons (Fsp3) is 0.462. The summed E-state index contributed by atoms with van der Waals surface area (Å²) in [6.07, 6.45) is 6.42. The molecular formula is C13H19NO2S. The predicted octanol–water partition coefficient (Wildman–Crippen LogP) is 3.99. The van der Waals surface area contributed by atoms with Crippen molar-refractivity contribution in [1.29, 1.82) is 0 Å². The van der Waals surface area contributed by atoms with Crippen LogP contribution in [0.4, 0.5) is 5.69 Å². The van der Waals surface area contributed by atoms with Crippen LogP contribution in [-0.2, 0) is 0 Å². The summed E-state index contributed by atoms with van der Waals surface area (Å²) in [4.78, 5) is 11.1. The standard InChI is InChI=1S/C13H19NO2S/c1-3-4-5-6-7-10(2)14-11-8-12(13(15)16)17-9-11/h3,8-10,14H,1,4-7H2,2H3,(H,15,16). The lowest BCUT2D eigenvalue weighted by Gasteiger charge is -2.13. The predicted molar refractivity (Wildman–Crippen MR) is 73.0 cm³/mol. The van der Waals surface area contributed by atoms with Gasteiger partial charge in [0.1, 0.15) is 4.88 Å². The lowest BCUT2D eigenvalue weighted by Crippen LogP contribution is -2.14. The van der Waals surface area contributed by atoms with E-state index in [0.29, 0.717) is 10.9 Å². The first-order valence-corrected chi connectivity index (χ1v) is 6.70. The molecule has 1 unspecified atom stereocenters. The molecule has 1 heterocycles. The smallest absolute Gasteiger partial charge is 0.345 e. The number of rotatable bonds is 8. The summed E-state index contributed by atoms with van der Waals surface area (Å²) in [7, 11) is 0. The molecule has 0 saturated heterocycles. The van der Waals surface area contributed by atoms with Gasteiger partial charge in [0.15, 0.2) is 0 Å². The highest BCUT2D eigenvalue weighted by atomic mass is 32.1. The van der Waals surface area contributed by atoms with Crippen LogP contribution in [0.2, 0.25) is 0 Å². The van der Waals surface area contributed by atoms with Crippen LogP contribution in [0, 0.1) is 0 Å². The Morgan fingerprint density at radius 1 is 1.65 bits per heavy atom. The third kappa shape index (κ3) is 5.04. The minimum absolute atomic E-state index is 0.371. The van der Waals surface area contributed by atoms with Crippen molar-refractivity contribution < 1.29 is 9.90 Å². The van der Waals surface area contributed by atoms with E-state index in [1.165, 1.54) is 17.8 Å². The first-order valence-electron chi connectivity index (χ1n) is 5.82. The molecule has 3 nitrogen and oxygen atoms in total. The quantitative estimate of drug-likeness (QED) is 0.544. The van der Waals surface area contributed by atoms with Crippen molar-refractivity contribution in [3.8, 4) is 0 Å². The fourth-order valence-corrected chi connectivity index (χ4v) is 2.31. The number of unbranched alkanes of at least 4 members (excludes halogenated alkanes) is 2. The molecule has 0 amide bonds. The van der Waals surface area contributed by atoms with Gasteiger partial charge in [-0.2, -0.15) is 0 Å². The van der Waals surface area contributed by atoms with Gasteiger partial charge < -0.3 is 10.4 Å². The van der Waals surface area contributed by atoms with E-state index in [1.54, 1.807) is 6.07 Å². The average molecular weight is 253 g/mol. The monoisotopic (exact) mass is 253 g/mol. The number of hydrogen-bond acceptors (Lipinski definition) is 3. The highest BCUT2D eigenvalue weighted by molar-refractivity contribution is 7.12. The zero-order valence-corrected chi connectivity index (χ0v) is 10.9. The van der Waals surface area contributed by atoms with Crippen molar-refractivity contribution in [3.05, 3.63) is 29.0 Å². The Bertz CT molecular complexity index is 373. The number of carboxylic acid groups (broad SMARTS) is 1. The second kappa shape index (κ2) is 7.12. The molecule has 0 aliphatic rings. The van der Waals surface area contributed by atoms with Crippen LogP contribution in [-0.4, -0.2) is 17.1 Å². The molecule has 17 heavy (non-hydrogen) atoms. The van der Waals surface area contributed by atoms with Crippen molar-refractivity contribution in [3.63, 3.8) is 0 Å². The molecule has 4 heteroatoms. The van der Waals surface area contributed by atoms with E-state index < -0.39 is 5.97 Å². The average Bonchev–Trinajstić information content (AvgIpc) is 2.73. The summed E-state index contributed by atoms with van der Waals surface area (Å²) < 4.78 is 0. The summed E-state index contributed by atoms with van der Waals surface area (Å²) in [5, 5.41) is 14.0. The van der Waals surface area contributed by atoms with Crippen molar-refractivity contribution in [2.75, 3.05) is 5.32 Å². The molecule has 0 saturated carbocycles.